The third-order valence-electron chi connectivity index (χ3n) is 3.74. The lowest BCUT2D eigenvalue weighted by Crippen LogP contribution is -2.08. The Labute approximate surface area is 151 Å². The van der Waals surface area contributed by atoms with Crippen LogP contribution in [-0.4, -0.2) is 28.5 Å². The number of aromatic hydroxyl groups is 2. The Morgan fingerprint density at radius 3 is 2.72 bits per heavy atom. The molecule has 0 spiro atoms. The van der Waals surface area contributed by atoms with Gasteiger partial charge in [0.2, 0.25) is 5.88 Å². The highest BCUT2D eigenvalue weighted by atomic mass is 79.9. The molecular weight excluding hydrogens is 388 g/mol. The molecule has 3 aromatic rings. The van der Waals surface area contributed by atoms with Gasteiger partial charge in [-0.2, -0.15) is 0 Å². The van der Waals surface area contributed by atoms with Crippen molar-refractivity contribution in [3.05, 3.63) is 62.4 Å². The molecule has 0 aliphatic carbocycles. The Morgan fingerprint density at radius 1 is 1.20 bits per heavy atom. The van der Waals surface area contributed by atoms with Crippen molar-refractivity contribution in [3.63, 3.8) is 0 Å². The molecule has 0 saturated carbocycles. The van der Waals surface area contributed by atoms with Gasteiger partial charge in [-0.05, 0) is 29.8 Å². The summed E-state index contributed by atoms with van der Waals surface area (Å²) in [5.41, 5.74) is 0.844. The molecule has 3 N–H and O–H groups in total. The molecule has 1 aromatic heterocycles. The predicted molar refractivity (Wildman–Crippen MR) is 99.9 cm³/mol. The lowest BCUT2D eigenvalue weighted by molar-refractivity contribution is 0.373. The summed E-state index contributed by atoms with van der Waals surface area (Å²) < 4.78 is 5.77. The van der Waals surface area contributed by atoms with Gasteiger partial charge in [-0.15, -0.1) is 0 Å². The number of hydrogen-bond acceptors (Lipinski definition) is 5. The van der Waals surface area contributed by atoms with Crippen LogP contribution in [0.3, 0.4) is 0 Å². The molecule has 1 heterocycles. The zero-order valence-electron chi connectivity index (χ0n) is 13.3. The minimum atomic E-state index is -0.369. The van der Waals surface area contributed by atoms with Crippen LogP contribution in [0.1, 0.15) is 11.1 Å². The normalized spacial score (nSPS) is 11.3. The van der Waals surface area contributed by atoms with Crippen molar-refractivity contribution in [1.82, 2.24) is 4.98 Å². The van der Waals surface area contributed by atoms with Gasteiger partial charge in [-0.3, -0.25) is 14.8 Å². The number of phenols is 1. The molecule has 0 amide bonds. The van der Waals surface area contributed by atoms with E-state index in [1.54, 1.807) is 36.4 Å². The predicted octanol–water partition coefficient (Wildman–Crippen LogP) is 3.33. The van der Waals surface area contributed by atoms with E-state index in [-0.39, 0.29) is 17.2 Å². The Kier molecular flexibility index (Phi) is 4.76. The van der Waals surface area contributed by atoms with E-state index in [9.17, 15) is 15.0 Å². The summed E-state index contributed by atoms with van der Waals surface area (Å²) in [4.78, 5) is 18.7. The summed E-state index contributed by atoms with van der Waals surface area (Å²) in [6.45, 7) is 0.300. The Hall–Kier alpha value is -2.80. The zero-order valence-corrected chi connectivity index (χ0v) is 14.9. The standard InChI is InChI=1S/C18H15BrN2O4/c1-25-16-5-2-10(6-15(16)22)8-20-9-14-12-4-3-11(19)7-13(12)17(23)21-18(14)24/h2-7,9,22H,8H2,1H3,(H2,21,23,24). The molecule has 0 bridgehead atoms. The highest BCUT2D eigenvalue weighted by Gasteiger charge is 2.09. The highest BCUT2D eigenvalue weighted by Crippen LogP contribution is 2.27. The number of fused-ring (bicyclic) bond motifs is 1. The number of pyridine rings is 1. The van der Waals surface area contributed by atoms with E-state index < -0.39 is 0 Å². The molecule has 128 valence electrons. The molecule has 0 aliphatic rings. The minimum Gasteiger partial charge on any atom is -0.504 e. The molecule has 6 nitrogen and oxygen atoms in total. The molecule has 0 aliphatic heterocycles. The molecule has 0 unspecified atom stereocenters. The first-order chi connectivity index (χ1) is 12.0. The first-order valence-electron chi connectivity index (χ1n) is 7.40. The topological polar surface area (TPSA) is 94.9 Å². The van der Waals surface area contributed by atoms with Crippen LogP contribution in [-0.2, 0) is 6.54 Å². The van der Waals surface area contributed by atoms with Crippen molar-refractivity contribution in [1.29, 1.82) is 0 Å². The number of aromatic nitrogens is 1. The number of halogens is 1. The molecule has 0 atom stereocenters. The van der Waals surface area contributed by atoms with Crippen molar-refractivity contribution in [2.75, 3.05) is 7.11 Å². The molecule has 0 fully saturated rings. The van der Waals surface area contributed by atoms with Crippen LogP contribution in [0.2, 0.25) is 0 Å². The lowest BCUT2D eigenvalue weighted by atomic mass is 10.1. The number of ether oxygens (including phenoxy) is 1. The van der Waals surface area contributed by atoms with Gasteiger partial charge in [0, 0.05) is 21.5 Å². The summed E-state index contributed by atoms with van der Waals surface area (Å²) in [7, 11) is 1.48. The van der Waals surface area contributed by atoms with Crippen LogP contribution in [0.5, 0.6) is 17.4 Å². The summed E-state index contributed by atoms with van der Waals surface area (Å²) >= 11 is 3.33. The third kappa shape index (κ3) is 3.51. The summed E-state index contributed by atoms with van der Waals surface area (Å²) in [6, 6.07) is 10.2. The Bertz CT molecular complexity index is 1030. The van der Waals surface area contributed by atoms with Crippen molar-refractivity contribution < 1.29 is 14.9 Å². The molecule has 2 aromatic carbocycles. The largest absolute Gasteiger partial charge is 0.504 e. The van der Waals surface area contributed by atoms with Gasteiger partial charge >= 0.3 is 0 Å². The minimum absolute atomic E-state index is 0.0392. The number of methoxy groups -OCH3 is 1. The van der Waals surface area contributed by atoms with Crippen molar-refractivity contribution in [2.24, 2.45) is 4.99 Å². The number of phenolic OH excluding ortho intramolecular Hbond substituents is 1. The van der Waals surface area contributed by atoms with Crippen LogP contribution in [0.4, 0.5) is 0 Å². The van der Waals surface area contributed by atoms with Crippen LogP contribution >= 0.6 is 15.9 Å². The maximum absolute atomic E-state index is 12.0. The summed E-state index contributed by atoms with van der Waals surface area (Å²) in [6.07, 6.45) is 1.50. The fourth-order valence-corrected chi connectivity index (χ4v) is 2.88. The van der Waals surface area contributed by atoms with Crippen molar-refractivity contribution in [3.8, 4) is 17.4 Å². The van der Waals surface area contributed by atoms with E-state index in [2.05, 4.69) is 25.9 Å². The average molecular weight is 403 g/mol. The molecular formula is C18H15BrN2O4. The average Bonchev–Trinajstić information content (AvgIpc) is 2.58. The van der Waals surface area contributed by atoms with Crippen LogP contribution < -0.4 is 10.3 Å². The first-order valence-corrected chi connectivity index (χ1v) is 8.19. The summed E-state index contributed by atoms with van der Waals surface area (Å²) in [5.74, 6) is 0.195. The molecule has 0 saturated heterocycles. The van der Waals surface area contributed by atoms with Gasteiger partial charge in [0.05, 0.1) is 19.2 Å². The molecule has 7 heteroatoms. The number of aliphatic imine (C=N–C) groups is 1. The van der Waals surface area contributed by atoms with Crippen LogP contribution in [0, 0.1) is 0 Å². The van der Waals surface area contributed by atoms with E-state index in [1.807, 2.05) is 0 Å². The second-order valence-electron chi connectivity index (χ2n) is 5.38. The van der Waals surface area contributed by atoms with E-state index in [0.29, 0.717) is 28.6 Å². The number of rotatable bonds is 4. The quantitative estimate of drug-likeness (QED) is 0.583. The number of H-pyrrole nitrogens is 1. The smallest absolute Gasteiger partial charge is 0.258 e. The van der Waals surface area contributed by atoms with Gasteiger partial charge in [-0.1, -0.05) is 28.1 Å². The van der Waals surface area contributed by atoms with Crippen LogP contribution in [0.25, 0.3) is 10.8 Å². The first kappa shape index (κ1) is 17.0. The SMILES string of the molecule is COc1ccc(CN=Cc2c(O)[nH]c(=O)c3cc(Br)ccc23)cc1O. The number of nitrogens with one attached hydrogen (secondary N) is 1. The van der Waals surface area contributed by atoms with Crippen molar-refractivity contribution >= 4 is 32.9 Å². The number of benzene rings is 2. The lowest BCUT2D eigenvalue weighted by Gasteiger charge is -2.06. The molecule has 0 radical (unpaired) electrons. The Morgan fingerprint density at radius 2 is 2.00 bits per heavy atom. The molecule has 25 heavy (non-hydrogen) atoms. The van der Waals surface area contributed by atoms with E-state index in [4.69, 9.17) is 4.74 Å². The monoisotopic (exact) mass is 402 g/mol. The van der Waals surface area contributed by atoms with Gasteiger partial charge in [0.1, 0.15) is 0 Å². The van der Waals surface area contributed by atoms with Crippen molar-refractivity contribution in [2.45, 2.75) is 6.54 Å². The van der Waals surface area contributed by atoms with Crippen LogP contribution in [0.15, 0.2) is 50.7 Å². The maximum atomic E-state index is 12.0. The number of nitrogens with zero attached hydrogens (tertiary/aromatic N) is 1. The van der Waals surface area contributed by atoms with E-state index in [0.717, 1.165) is 10.0 Å². The highest BCUT2D eigenvalue weighted by molar-refractivity contribution is 9.10. The fourth-order valence-electron chi connectivity index (χ4n) is 2.52. The number of hydrogen-bond donors (Lipinski definition) is 3. The van der Waals surface area contributed by atoms with Gasteiger partial charge in [0.15, 0.2) is 11.5 Å². The van der Waals surface area contributed by atoms with E-state index in [1.165, 1.54) is 13.3 Å². The second kappa shape index (κ2) is 6.98. The maximum Gasteiger partial charge on any atom is 0.258 e. The second-order valence-corrected chi connectivity index (χ2v) is 6.30. The van der Waals surface area contributed by atoms with Gasteiger partial charge < -0.3 is 14.9 Å². The van der Waals surface area contributed by atoms with Gasteiger partial charge in [0.25, 0.3) is 5.56 Å². The summed E-state index contributed by atoms with van der Waals surface area (Å²) in [5, 5.41) is 20.9. The van der Waals surface area contributed by atoms with Gasteiger partial charge in [-0.25, -0.2) is 0 Å². The third-order valence-corrected chi connectivity index (χ3v) is 4.23. The fraction of sp³-hybridized carbons (Fsp3) is 0.111. The molecule has 3 rings (SSSR count). The Balaban J connectivity index is 1.94. The zero-order chi connectivity index (χ0) is 18.0. The van der Waals surface area contributed by atoms with E-state index >= 15 is 0 Å². The number of aromatic amines is 1.